The molecule has 1 aliphatic rings. The van der Waals surface area contributed by atoms with Crippen LogP contribution < -0.4 is 9.64 Å². The van der Waals surface area contributed by atoms with E-state index in [9.17, 15) is 13.2 Å². The van der Waals surface area contributed by atoms with Crippen LogP contribution in [0.3, 0.4) is 0 Å². The number of anilines is 1. The second-order valence-electron chi connectivity index (χ2n) is 7.90. The van der Waals surface area contributed by atoms with Crippen molar-refractivity contribution in [3.05, 3.63) is 59.7 Å². The van der Waals surface area contributed by atoms with Crippen LogP contribution in [0.15, 0.2) is 48.5 Å². The van der Waals surface area contributed by atoms with Crippen molar-refractivity contribution in [2.75, 3.05) is 37.1 Å². The van der Waals surface area contributed by atoms with E-state index in [-0.39, 0.29) is 23.5 Å². The summed E-state index contributed by atoms with van der Waals surface area (Å²) in [5.74, 6) is 0.472. The number of para-hydroxylation sites is 1. The first-order chi connectivity index (χ1) is 14.3. The average Bonchev–Trinajstić information content (AvgIpc) is 3.10. The molecule has 1 amide bonds. The molecule has 3 rings (SSSR count). The SMILES string of the molecule is CCCOc1ccccc1C(=O)N(Cc1ccc(N(C)C)cc1)[C@@H]1CCS(=O)(=O)C1. The Hall–Kier alpha value is -2.54. The lowest BCUT2D eigenvalue weighted by Crippen LogP contribution is -2.40. The largest absolute Gasteiger partial charge is 0.493 e. The summed E-state index contributed by atoms with van der Waals surface area (Å²) in [6.07, 6.45) is 1.30. The lowest BCUT2D eigenvalue weighted by molar-refractivity contribution is 0.0676. The second kappa shape index (κ2) is 9.51. The molecule has 7 heteroatoms. The van der Waals surface area contributed by atoms with Gasteiger partial charge in [-0.3, -0.25) is 4.79 Å². The van der Waals surface area contributed by atoms with E-state index in [1.165, 1.54) is 0 Å². The van der Waals surface area contributed by atoms with Crippen LogP contribution in [0.25, 0.3) is 0 Å². The van der Waals surface area contributed by atoms with Crippen molar-refractivity contribution in [3.63, 3.8) is 0 Å². The number of rotatable bonds is 8. The third kappa shape index (κ3) is 5.33. The number of nitrogens with zero attached hydrogens (tertiary/aromatic N) is 2. The van der Waals surface area contributed by atoms with E-state index >= 15 is 0 Å². The molecule has 1 saturated heterocycles. The molecule has 0 unspecified atom stereocenters. The first kappa shape index (κ1) is 22.2. The molecule has 30 heavy (non-hydrogen) atoms. The van der Waals surface area contributed by atoms with E-state index in [0.29, 0.717) is 30.9 Å². The van der Waals surface area contributed by atoms with Gasteiger partial charge in [0, 0.05) is 32.4 Å². The molecule has 2 aromatic rings. The van der Waals surface area contributed by atoms with E-state index in [2.05, 4.69) is 0 Å². The predicted octanol–water partition coefficient (Wildman–Crippen LogP) is 3.37. The Balaban J connectivity index is 1.91. The number of hydrogen-bond acceptors (Lipinski definition) is 5. The summed E-state index contributed by atoms with van der Waals surface area (Å²) in [7, 11) is 0.825. The summed E-state index contributed by atoms with van der Waals surface area (Å²) in [6, 6.07) is 14.8. The first-order valence-electron chi connectivity index (χ1n) is 10.3. The molecule has 1 atom stereocenters. The number of ether oxygens (including phenoxy) is 1. The number of amides is 1. The zero-order chi connectivity index (χ0) is 21.7. The van der Waals surface area contributed by atoms with Crippen molar-refractivity contribution in [2.24, 2.45) is 0 Å². The molecular weight excluding hydrogens is 400 g/mol. The zero-order valence-corrected chi connectivity index (χ0v) is 18.7. The summed E-state index contributed by atoms with van der Waals surface area (Å²) < 4.78 is 30.0. The van der Waals surface area contributed by atoms with Gasteiger partial charge in [-0.15, -0.1) is 0 Å². The van der Waals surface area contributed by atoms with Gasteiger partial charge in [0.25, 0.3) is 5.91 Å². The fourth-order valence-electron chi connectivity index (χ4n) is 3.62. The highest BCUT2D eigenvalue weighted by atomic mass is 32.2. The van der Waals surface area contributed by atoms with Crippen molar-refractivity contribution in [1.82, 2.24) is 4.90 Å². The van der Waals surface area contributed by atoms with Gasteiger partial charge in [0.05, 0.1) is 23.7 Å². The summed E-state index contributed by atoms with van der Waals surface area (Å²) in [5.41, 5.74) is 2.50. The van der Waals surface area contributed by atoms with Crippen LogP contribution in [0.1, 0.15) is 35.7 Å². The predicted molar refractivity (Wildman–Crippen MR) is 120 cm³/mol. The highest BCUT2D eigenvalue weighted by Crippen LogP contribution is 2.27. The van der Waals surface area contributed by atoms with Crippen LogP contribution in [0.5, 0.6) is 5.75 Å². The van der Waals surface area contributed by atoms with Crippen molar-refractivity contribution in [1.29, 1.82) is 0 Å². The van der Waals surface area contributed by atoms with E-state index in [1.807, 2.05) is 62.3 Å². The van der Waals surface area contributed by atoms with Crippen molar-refractivity contribution in [2.45, 2.75) is 32.4 Å². The van der Waals surface area contributed by atoms with Crippen LogP contribution in [-0.2, 0) is 16.4 Å². The summed E-state index contributed by atoms with van der Waals surface area (Å²) in [6.45, 7) is 2.89. The molecule has 6 nitrogen and oxygen atoms in total. The molecule has 0 radical (unpaired) electrons. The topological polar surface area (TPSA) is 66.9 Å². The van der Waals surface area contributed by atoms with Gasteiger partial charge in [-0.2, -0.15) is 0 Å². The molecule has 1 heterocycles. The van der Waals surface area contributed by atoms with Gasteiger partial charge in [0.1, 0.15) is 5.75 Å². The molecule has 1 aliphatic heterocycles. The minimum Gasteiger partial charge on any atom is -0.493 e. The number of carbonyl (C=O) groups excluding carboxylic acids is 1. The Morgan fingerprint density at radius 3 is 2.40 bits per heavy atom. The molecular formula is C23H30N2O4S. The lowest BCUT2D eigenvalue weighted by Gasteiger charge is -2.29. The quantitative estimate of drug-likeness (QED) is 0.642. The highest BCUT2D eigenvalue weighted by molar-refractivity contribution is 7.91. The van der Waals surface area contributed by atoms with Gasteiger partial charge in [-0.1, -0.05) is 31.2 Å². The van der Waals surface area contributed by atoms with Gasteiger partial charge < -0.3 is 14.5 Å². The maximum absolute atomic E-state index is 13.5. The molecule has 0 aliphatic carbocycles. The van der Waals surface area contributed by atoms with E-state index < -0.39 is 9.84 Å². The van der Waals surface area contributed by atoms with Gasteiger partial charge in [0.15, 0.2) is 9.84 Å². The minimum absolute atomic E-state index is 0.00645. The molecule has 2 aromatic carbocycles. The van der Waals surface area contributed by atoms with Gasteiger partial charge in [-0.25, -0.2) is 8.42 Å². The Kier molecular flexibility index (Phi) is 7.02. The summed E-state index contributed by atoms with van der Waals surface area (Å²) in [4.78, 5) is 17.3. The first-order valence-corrected chi connectivity index (χ1v) is 12.1. The van der Waals surface area contributed by atoms with E-state index in [1.54, 1.807) is 17.0 Å². The van der Waals surface area contributed by atoms with Crippen LogP contribution in [0, 0.1) is 0 Å². The fraction of sp³-hybridized carbons (Fsp3) is 0.435. The molecule has 1 fully saturated rings. The monoisotopic (exact) mass is 430 g/mol. The molecule has 0 spiro atoms. The second-order valence-corrected chi connectivity index (χ2v) is 10.1. The Morgan fingerprint density at radius 1 is 1.10 bits per heavy atom. The number of sulfone groups is 1. The van der Waals surface area contributed by atoms with Crippen molar-refractivity contribution >= 4 is 21.4 Å². The molecule has 0 saturated carbocycles. The standard InChI is InChI=1S/C23H30N2O4S/c1-4-14-29-22-8-6-5-7-21(22)23(26)25(20-13-15-30(27,28)17-20)16-18-9-11-19(12-10-18)24(2)3/h5-12,20H,4,13-17H2,1-3H3/t20-/m1/s1. The minimum atomic E-state index is -3.12. The smallest absolute Gasteiger partial charge is 0.258 e. The highest BCUT2D eigenvalue weighted by Gasteiger charge is 2.35. The normalized spacial score (nSPS) is 17.5. The van der Waals surface area contributed by atoms with E-state index in [4.69, 9.17) is 4.74 Å². The molecule has 0 aromatic heterocycles. The Labute approximate surface area is 179 Å². The number of carbonyl (C=O) groups is 1. The van der Waals surface area contributed by atoms with Gasteiger partial charge >= 0.3 is 0 Å². The van der Waals surface area contributed by atoms with Crippen LogP contribution in [-0.4, -0.2) is 57.5 Å². The third-order valence-corrected chi connectivity index (χ3v) is 7.05. The Bertz CT molecular complexity index is 971. The molecule has 162 valence electrons. The Morgan fingerprint density at radius 2 is 1.80 bits per heavy atom. The van der Waals surface area contributed by atoms with Crippen molar-refractivity contribution < 1.29 is 17.9 Å². The van der Waals surface area contributed by atoms with Crippen LogP contribution >= 0.6 is 0 Å². The van der Waals surface area contributed by atoms with Gasteiger partial charge in [-0.05, 0) is 42.7 Å². The maximum Gasteiger partial charge on any atom is 0.258 e. The third-order valence-electron chi connectivity index (χ3n) is 5.29. The maximum atomic E-state index is 13.5. The van der Waals surface area contributed by atoms with Crippen LogP contribution in [0.2, 0.25) is 0 Å². The summed E-state index contributed by atoms with van der Waals surface area (Å²) >= 11 is 0. The van der Waals surface area contributed by atoms with Crippen molar-refractivity contribution in [3.8, 4) is 5.75 Å². The van der Waals surface area contributed by atoms with E-state index in [0.717, 1.165) is 17.7 Å². The number of benzene rings is 2. The fourth-order valence-corrected chi connectivity index (χ4v) is 5.35. The average molecular weight is 431 g/mol. The lowest BCUT2D eigenvalue weighted by atomic mass is 10.1. The van der Waals surface area contributed by atoms with Gasteiger partial charge in [0.2, 0.25) is 0 Å². The molecule has 0 bridgehead atoms. The van der Waals surface area contributed by atoms with Crippen LogP contribution in [0.4, 0.5) is 5.69 Å². The molecule has 0 N–H and O–H groups in total. The number of hydrogen-bond donors (Lipinski definition) is 0. The summed E-state index contributed by atoms with van der Waals surface area (Å²) in [5, 5.41) is 0. The zero-order valence-electron chi connectivity index (χ0n) is 17.9.